The van der Waals surface area contributed by atoms with Gasteiger partial charge in [0.2, 0.25) is 0 Å². The molecule has 0 radical (unpaired) electrons. The Morgan fingerprint density at radius 3 is 2.90 bits per heavy atom. The van der Waals surface area contributed by atoms with E-state index in [2.05, 4.69) is 5.32 Å². The second-order valence-corrected chi connectivity index (χ2v) is 5.86. The predicted octanol–water partition coefficient (Wildman–Crippen LogP) is 3.93. The lowest BCUT2D eigenvalue weighted by molar-refractivity contribution is -0.141. The van der Waals surface area contributed by atoms with Gasteiger partial charge in [-0.15, -0.1) is 11.3 Å². The minimum absolute atomic E-state index is 0.0925. The van der Waals surface area contributed by atoms with Crippen molar-refractivity contribution >= 4 is 28.9 Å². The van der Waals surface area contributed by atoms with Crippen molar-refractivity contribution in [2.45, 2.75) is 19.0 Å². The van der Waals surface area contributed by atoms with Crippen LogP contribution in [-0.4, -0.2) is 13.1 Å². The lowest BCUT2D eigenvalue weighted by atomic mass is 10.1. The summed E-state index contributed by atoms with van der Waals surface area (Å²) in [6.07, 6.45) is 0.242. The van der Waals surface area contributed by atoms with Crippen LogP contribution < -0.4 is 5.32 Å². The van der Waals surface area contributed by atoms with Gasteiger partial charge in [0.15, 0.2) is 0 Å². The predicted molar refractivity (Wildman–Crippen MR) is 81.9 cm³/mol. The second kappa shape index (κ2) is 7.54. The molecule has 6 heteroatoms. The molecule has 0 amide bonds. The quantitative estimate of drug-likeness (QED) is 0.817. The van der Waals surface area contributed by atoms with E-state index in [1.807, 2.05) is 17.5 Å². The molecule has 0 fully saturated rings. The number of hydrogen-bond donors (Lipinski definition) is 1. The fourth-order valence-corrected chi connectivity index (χ4v) is 2.91. The number of halogens is 2. The molecule has 0 saturated heterocycles. The van der Waals surface area contributed by atoms with Crippen molar-refractivity contribution in [2.75, 3.05) is 7.11 Å². The molecule has 1 aromatic carbocycles. The summed E-state index contributed by atoms with van der Waals surface area (Å²) in [7, 11) is 1.37. The van der Waals surface area contributed by atoms with Gasteiger partial charge in [-0.1, -0.05) is 23.7 Å². The van der Waals surface area contributed by atoms with Crippen LogP contribution in [0, 0.1) is 5.82 Å². The van der Waals surface area contributed by atoms with Gasteiger partial charge in [0.25, 0.3) is 0 Å². The fraction of sp³-hybridized carbons (Fsp3) is 0.267. The molecule has 2 aromatic rings. The highest BCUT2D eigenvalue weighted by Gasteiger charge is 2.17. The van der Waals surface area contributed by atoms with Crippen LogP contribution in [0.15, 0.2) is 35.7 Å². The monoisotopic (exact) mass is 327 g/mol. The number of thiophene rings is 1. The zero-order valence-corrected chi connectivity index (χ0v) is 13.0. The maximum atomic E-state index is 13.1. The molecule has 3 nitrogen and oxygen atoms in total. The molecule has 112 valence electrons. The van der Waals surface area contributed by atoms with Crippen molar-refractivity contribution in [3.8, 4) is 0 Å². The van der Waals surface area contributed by atoms with E-state index in [-0.39, 0.29) is 23.5 Å². The smallest absolute Gasteiger partial charge is 0.307 e. The van der Waals surface area contributed by atoms with Crippen molar-refractivity contribution in [1.82, 2.24) is 5.32 Å². The first-order chi connectivity index (χ1) is 10.1. The largest absolute Gasteiger partial charge is 0.469 e. The van der Waals surface area contributed by atoms with Crippen molar-refractivity contribution in [2.24, 2.45) is 0 Å². The van der Waals surface area contributed by atoms with Crippen LogP contribution in [0.2, 0.25) is 5.02 Å². The van der Waals surface area contributed by atoms with Gasteiger partial charge >= 0.3 is 5.97 Å². The van der Waals surface area contributed by atoms with Crippen molar-refractivity contribution in [1.29, 1.82) is 0 Å². The average molecular weight is 328 g/mol. The number of methoxy groups -OCH3 is 1. The first-order valence-corrected chi connectivity index (χ1v) is 7.63. The molecule has 1 heterocycles. The Kier molecular flexibility index (Phi) is 5.73. The first-order valence-electron chi connectivity index (χ1n) is 6.37. The van der Waals surface area contributed by atoms with Crippen LogP contribution in [0.5, 0.6) is 0 Å². The number of hydrogen-bond acceptors (Lipinski definition) is 4. The topological polar surface area (TPSA) is 38.3 Å². The first kappa shape index (κ1) is 15.9. The number of carbonyl (C=O) groups excluding carboxylic acids is 1. The Morgan fingerprint density at radius 2 is 2.29 bits per heavy atom. The molecule has 1 N–H and O–H groups in total. The molecule has 0 aliphatic carbocycles. The Morgan fingerprint density at radius 1 is 1.48 bits per heavy atom. The van der Waals surface area contributed by atoms with Crippen LogP contribution in [0.1, 0.15) is 22.9 Å². The summed E-state index contributed by atoms with van der Waals surface area (Å²) < 4.78 is 17.8. The van der Waals surface area contributed by atoms with Gasteiger partial charge in [-0.3, -0.25) is 4.79 Å². The summed E-state index contributed by atoms with van der Waals surface area (Å²) in [5, 5.41) is 5.33. The van der Waals surface area contributed by atoms with Gasteiger partial charge in [0, 0.05) is 11.4 Å². The van der Waals surface area contributed by atoms with Gasteiger partial charge < -0.3 is 10.1 Å². The number of nitrogens with one attached hydrogen (secondary N) is 1. The summed E-state index contributed by atoms with van der Waals surface area (Å²) in [5.41, 5.74) is 0.854. The Labute approximate surface area is 131 Å². The van der Waals surface area contributed by atoms with Gasteiger partial charge in [0.1, 0.15) is 5.82 Å². The van der Waals surface area contributed by atoms with Crippen LogP contribution in [0.25, 0.3) is 0 Å². The second-order valence-electron chi connectivity index (χ2n) is 4.48. The SMILES string of the molecule is COC(=O)CC(NCc1ccc(F)c(Cl)c1)c1cccs1. The third-order valence-electron chi connectivity index (χ3n) is 3.02. The normalized spacial score (nSPS) is 12.1. The van der Waals surface area contributed by atoms with E-state index in [4.69, 9.17) is 16.3 Å². The summed E-state index contributed by atoms with van der Waals surface area (Å²) in [4.78, 5) is 12.5. The molecular formula is C15H15ClFNO2S. The van der Waals surface area contributed by atoms with E-state index in [1.165, 1.54) is 13.2 Å². The number of ether oxygens (including phenoxy) is 1. The Balaban J connectivity index is 2.04. The Bertz CT molecular complexity index is 604. The molecule has 1 unspecified atom stereocenters. The highest BCUT2D eigenvalue weighted by atomic mass is 35.5. The molecule has 1 atom stereocenters. The van der Waals surface area contributed by atoms with Gasteiger partial charge in [-0.2, -0.15) is 0 Å². The van der Waals surface area contributed by atoms with Gasteiger partial charge in [-0.05, 0) is 29.1 Å². The minimum Gasteiger partial charge on any atom is -0.469 e. The molecule has 0 saturated carbocycles. The number of carbonyl (C=O) groups is 1. The maximum absolute atomic E-state index is 13.1. The molecule has 0 aliphatic rings. The third kappa shape index (κ3) is 4.52. The van der Waals surface area contributed by atoms with Crippen LogP contribution in [0.3, 0.4) is 0 Å². The van der Waals surface area contributed by atoms with Crippen molar-refractivity contribution in [3.63, 3.8) is 0 Å². The maximum Gasteiger partial charge on any atom is 0.307 e. The van der Waals surface area contributed by atoms with E-state index in [0.29, 0.717) is 6.54 Å². The fourth-order valence-electron chi connectivity index (χ4n) is 1.90. The molecule has 21 heavy (non-hydrogen) atoms. The zero-order chi connectivity index (χ0) is 15.2. The molecule has 1 aromatic heterocycles. The van der Waals surface area contributed by atoms with E-state index < -0.39 is 5.82 Å². The standard InChI is InChI=1S/C15H15ClFNO2S/c1-20-15(19)8-13(14-3-2-6-21-14)18-9-10-4-5-12(17)11(16)7-10/h2-7,13,18H,8-9H2,1H3. The summed E-state index contributed by atoms with van der Waals surface area (Å²) >= 11 is 7.33. The molecular weight excluding hydrogens is 313 g/mol. The van der Waals surface area contributed by atoms with Crippen LogP contribution in [-0.2, 0) is 16.1 Å². The average Bonchev–Trinajstić information content (AvgIpc) is 3.00. The van der Waals surface area contributed by atoms with Crippen LogP contribution >= 0.6 is 22.9 Å². The number of esters is 1. The summed E-state index contributed by atoms with van der Waals surface area (Å²) in [5.74, 6) is -0.720. The zero-order valence-electron chi connectivity index (χ0n) is 11.4. The van der Waals surface area contributed by atoms with Crippen LogP contribution in [0.4, 0.5) is 4.39 Å². The van der Waals surface area contributed by atoms with Gasteiger partial charge in [-0.25, -0.2) is 4.39 Å². The molecule has 0 bridgehead atoms. The highest BCUT2D eigenvalue weighted by Crippen LogP contribution is 2.23. The number of rotatable bonds is 6. The molecule has 0 aliphatic heterocycles. The van der Waals surface area contributed by atoms with Crippen molar-refractivity contribution < 1.29 is 13.9 Å². The molecule has 2 rings (SSSR count). The summed E-state index contributed by atoms with van der Waals surface area (Å²) in [6, 6.07) is 8.33. The van der Waals surface area contributed by atoms with E-state index in [0.717, 1.165) is 10.4 Å². The highest BCUT2D eigenvalue weighted by molar-refractivity contribution is 7.10. The minimum atomic E-state index is -0.440. The lowest BCUT2D eigenvalue weighted by Gasteiger charge is -2.16. The third-order valence-corrected chi connectivity index (χ3v) is 4.30. The van der Waals surface area contributed by atoms with Gasteiger partial charge in [0.05, 0.1) is 24.6 Å². The lowest BCUT2D eigenvalue weighted by Crippen LogP contribution is -2.23. The number of benzene rings is 1. The molecule has 0 spiro atoms. The van der Waals surface area contributed by atoms with E-state index in [1.54, 1.807) is 23.5 Å². The van der Waals surface area contributed by atoms with E-state index >= 15 is 0 Å². The van der Waals surface area contributed by atoms with E-state index in [9.17, 15) is 9.18 Å². The van der Waals surface area contributed by atoms with Crippen molar-refractivity contribution in [3.05, 3.63) is 57.0 Å². The summed E-state index contributed by atoms with van der Waals surface area (Å²) in [6.45, 7) is 0.486. The Hall–Kier alpha value is -1.43.